The number of ether oxygens (including phenoxy) is 1. The predicted molar refractivity (Wildman–Crippen MR) is 76.6 cm³/mol. The second-order valence-corrected chi connectivity index (χ2v) is 4.43. The van der Waals surface area contributed by atoms with E-state index in [2.05, 4.69) is 5.32 Å². The Kier molecular flexibility index (Phi) is 7.00. The number of aliphatic hydroxyl groups excluding tert-OH is 2. The van der Waals surface area contributed by atoms with Crippen molar-refractivity contribution >= 4 is 11.7 Å². The lowest BCUT2D eigenvalue weighted by Gasteiger charge is -2.21. The average Bonchev–Trinajstić information content (AvgIpc) is 2.43. The highest BCUT2D eigenvalue weighted by Gasteiger charge is 2.12. The molecule has 1 atom stereocenters. The van der Waals surface area contributed by atoms with Crippen LogP contribution in [0.1, 0.15) is 18.6 Å². The average molecular weight is 282 g/mol. The van der Waals surface area contributed by atoms with E-state index >= 15 is 0 Å². The smallest absolute Gasteiger partial charge is 0.321 e. The van der Waals surface area contributed by atoms with Gasteiger partial charge in [-0.15, -0.1) is 0 Å². The first-order chi connectivity index (χ1) is 9.58. The summed E-state index contributed by atoms with van der Waals surface area (Å²) < 4.78 is 4.93. The lowest BCUT2D eigenvalue weighted by atomic mass is 10.1. The number of carbonyl (C=O) groups excluding carboxylic acids is 1. The molecule has 2 amide bonds. The van der Waals surface area contributed by atoms with Gasteiger partial charge in [-0.05, 0) is 24.6 Å². The minimum absolute atomic E-state index is 0.0991. The van der Waals surface area contributed by atoms with Gasteiger partial charge in [-0.3, -0.25) is 0 Å². The largest absolute Gasteiger partial charge is 0.395 e. The number of carbonyl (C=O) groups is 1. The molecule has 0 saturated carbocycles. The molecule has 20 heavy (non-hydrogen) atoms. The summed E-state index contributed by atoms with van der Waals surface area (Å²) in [5, 5.41) is 21.1. The molecule has 0 heterocycles. The second-order valence-electron chi connectivity index (χ2n) is 4.43. The van der Waals surface area contributed by atoms with E-state index in [9.17, 15) is 9.90 Å². The van der Waals surface area contributed by atoms with Crippen LogP contribution in [0.2, 0.25) is 0 Å². The fourth-order valence-corrected chi connectivity index (χ4v) is 1.68. The van der Waals surface area contributed by atoms with Gasteiger partial charge in [-0.25, -0.2) is 4.79 Å². The molecule has 0 fully saturated rings. The molecule has 6 heteroatoms. The molecule has 0 aromatic heterocycles. The maximum absolute atomic E-state index is 12.0. The van der Waals surface area contributed by atoms with Crippen molar-refractivity contribution in [2.24, 2.45) is 0 Å². The lowest BCUT2D eigenvalue weighted by molar-refractivity contribution is 0.142. The van der Waals surface area contributed by atoms with Gasteiger partial charge in [-0.2, -0.15) is 0 Å². The molecule has 0 saturated heterocycles. The molecule has 6 nitrogen and oxygen atoms in total. The maximum Gasteiger partial charge on any atom is 0.321 e. The third-order valence-corrected chi connectivity index (χ3v) is 2.87. The Hall–Kier alpha value is -1.63. The van der Waals surface area contributed by atoms with Crippen molar-refractivity contribution in [3.63, 3.8) is 0 Å². The molecule has 3 N–H and O–H groups in total. The first-order valence-electron chi connectivity index (χ1n) is 6.52. The number of methoxy groups -OCH3 is 1. The third-order valence-electron chi connectivity index (χ3n) is 2.87. The summed E-state index contributed by atoms with van der Waals surface area (Å²) in [6.07, 6.45) is -0.535. The van der Waals surface area contributed by atoms with E-state index in [1.807, 2.05) is 0 Å². The van der Waals surface area contributed by atoms with Crippen molar-refractivity contribution < 1.29 is 19.7 Å². The minimum atomic E-state index is -0.535. The number of rotatable bonds is 7. The number of benzene rings is 1. The van der Waals surface area contributed by atoms with E-state index in [4.69, 9.17) is 9.84 Å². The topological polar surface area (TPSA) is 82.0 Å². The van der Waals surface area contributed by atoms with Crippen molar-refractivity contribution in [1.29, 1.82) is 0 Å². The number of nitrogens with one attached hydrogen (secondary N) is 1. The fraction of sp³-hybridized carbons (Fsp3) is 0.500. The molecule has 1 rings (SSSR count). The maximum atomic E-state index is 12.0. The molecular formula is C14H22N2O4. The van der Waals surface area contributed by atoms with Crippen LogP contribution in [0.3, 0.4) is 0 Å². The van der Waals surface area contributed by atoms with Crippen LogP contribution in [-0.2, 0) is 4.74 Å². The van der Waals surface area contributed by atoms with Crippen molar-refractivity contribution in [3.05, 3.63) is 29.8 Å². The van der Waals surface area contributed by atoms with Gasteiger partial charge in [0, 0.05) is 25.9 Å². The molecule has 112 valence electrons. The highest BCUT2D eigenvalue weighted by molar-refractivity contribution is 5.89. The molecule has 0 aliphatic carbocycles. The van der Waals surface area contributed by atoms with Crippen LogP contribution < -0.4 is 5.32 Å². The molecule has 0 aliphatic rings. The van der Waals surface area contributed by atoms with E-state index in [1.54, 1.807) is 38.3 Å². The van der Waals surface area contributed by atoms with Crippen molar-refractivity contribution in [2.75, 3.05) is 38.7 Å². The van der Waals surface area contributed by atoms with Crippen LogP contribution in [0.25, 0.3) is 0 Å². The van der Waals surface area contributed by atoms with Crippen LogP contribution in [0, 0.1) is 0 Å². The summed E-state index contributed by atoms with van der Waals surface area (Å²) in [4.78, 5) is 13.5. The summed E-state index contributed by atoms with van der Waals surface area (Å²) in [5.74, 6) is 0. The molecular weight excluding hydrogens is 260 g/mol. The summed E-state index contributed by atoms with van der Waals surface area (Å²) in [6, 6.07) is 6.68. The number of hydrogen-bond acceptors (Lipinski definition) is 4. The quantitative estimate of drug-likeness (QED) is 0.702. The number of aliphatic hydroxyl groups is 2. The van der Waals surface area contributed by atoms with Gasteiger partial charge in [0.2, 0.25) is 0 Å². The zero-order valence-electron chi connectivity index (χ0n) is 11.9. The van der Waals surface area contributed by atoms with Gasteiger partial charge in [0.25, 0.3) is 0 Å². The van der Waals surface area contributed by atoms with Gasteiger partial charge in [0.1, 0.15) is 0 Å². The number of urea groups is 1. The number of amides is 2. The van der Waals surface area contributed by atoms with Crippen LogP contribution in [0.4, 0.5) is 10.5 Å². The number of hydrogen-bond donors (Lipinski definition) is 3. The van der Waals surface area contributed by atoms with Crippen molar-refractivity contribution in [2.45, 2.75) is 13.0 Å². The normalized spacial score (nSPS) is 12.0. The Morgan fingerprint density at radius 1 is 1.35 bits per heavy atom. The first-order valence-corrected chi connectivity index (χ1v) is 6.52. The highest BCUT2D eigenvalue weighted by Crippen LogP contribution is 2.15. The van der Waals surface area contributed by atoms with E-state index in [0.29, 0.717) is 18.8 Å². The fourth-order valence-electron chi connectivity index (χ4n) is 1.68. The minimum Gasteiger partial charge on any atom is -0.395 e. The molecule has 1 unspecified atom stereocenters. The van der Waals surface area contributed by atoms with Crippen molar-refractivity contribution in [3.8, 4) is 0 Å². The Labute approximate surface area is 119 Å². The predicted octanol–water partition coefficient (Wildman–Crippen LogP) is 1.21. The second kappa shape index (κ2) is 8.52. The van der Waals surface area contributed by atoms with Gasteiger partial charge < -0.3 is 25.2 Å². The van der Waals surface area contributed by atoms with Gasteiger partial charge in [0.15, 0.2) is 0 Å². The van der Waals surface area contributed by atoms with Crippen molar-refractivity contribution in [1.82, 2.24) is 4.90 Å². The Morgan fingerprint density at radius 3 is 2.50 bits per heavy atom. The third kappa shape index (κ3) is 5.16. The molecule has 1 aromatic rings. The number of nitrogens with zero attached hydrogens (tertiary/aromatic N) is 1. The summed E-state index contributed by atoms with van der Waals surface area (Å²) in [7, 11) is 1.56. The van der Waals surface area contributed by atoms with Crippen LogP contribution in [-0.4, -0.2) is 54.6 Å². The molecule has 0 aliphatic heterocycles. The zero-order chi connectivity index (χ0) is 15.0. The molecule has 1 aromatic carbocycles. The van der Waals surface area contributed by atoms with E-state index < -0.39 is 6.10 Å². The standard InChI is InChI=1S/C14H22N2O4/c1-11(18)12-3-5-13(6-4-12)15-14(19)16(7-9-17)8-10-20-2/h3-6,11,17-18H,7-10H2,1-2H3,(H,15,19). The van der Waals surface area contributed by atoms with Crippen LogP contribution in [0.5, 0.6) is 0 Å². The lowest BCUT2D eigenvalue weighted by Crippen LogP contribution is -2.39. The van der Waals surface area contributed by atoms with E-state index in [1.165, 1.54) is 4.90 Å². The van der Waals surface area contributed by atoms with Gasteiger partial charge in [-0.1, -0.05) is 12.1 Å². The van der Waals surface area contributed by atoms with Gasteiger partial charge in [0.05, 0.1) is 19.3 Å². The molecule has 0 spiro atoms. The zero-order valence-corrected chi connectivity index (χ0v) is 11.9. The van der Waals surface area contributed by atoms with E-state index in [-0.39, 0.29) is 19.2 Å². The molecule has 0 bridgehead atoms. The summed E-state index contributed by atoms with van der Waals surface area (Å²) in [6.45, 7) is 2.66. The van der Waals surface area contributed by atoms with Crippen LogP contribution in [0.15, 0.2) is 24.3 Å². The monoisotopic (exact) mass is 282 g/mol. The number of anilines is 1. The van der Waals surface area contributed by atoms with Crippen LogP contribution >= 0.6 is 0 Å². The Bertz CT molecular complexity index is 406. The highest BCUT2D eigenvalue weighted by atomic mass is 16.5. The summed E-state index contributed by atoms with van der Waals surface area (Å²) >= 11 is 0. The van der Waals surface area contributed by atoms with Gasteiger partial charge >= 0.3 is 6.03 Å². The summed E-state index contributed by atoms with van der Waals surface area (Å²) in [5.41, 5.74) is 1.43. The Morgan fingerprint density at radius 2 is 2.00 bits per heavy atom. The first kappa shape index (κ1) is 16.4. The van der Waals surface area contributed by atoms with E-state index in [0.717, 1.165) is 5.56 Å². The Balaban J connectivity index is 2.62. The SMILES string of the molecule is COCCN(CCO)C(=O)Nc1ccc(C(C)O)cc1. The molecule has 0 radical (unpaired) electrons.